The normalized spacial score (nSPS) is 22.2. The minimum absolute atomic E-state index is 0.110. The Hall–Kier alpha value is -0.300. The van der Waals surface area contributed by atoms with Crippen molar-refractivity contribution in [1.82, 2.24) is 5.32 Å². The van der Waals surface area contributed by atoms with Crippen molar-refractivity contribution >= 4 is 17.7 Å². The summed E-state index contributed by atoms with van der Waals surface area (Å²) >= 11 is 1.49. The Bertz CT molecular complexity index is 285. The van der Waals surface area contributed by atoms with E-state index in [1.165, 1.54) is 11.8 Å². The molecule has 0 spiro atoms. The standard InChI is InChI=1S/C12H23NO4S/c1-8(18-7-10(15)6-14)5-12(2,11(16)17)13-9-3-4-9/h8-10,13-15H,3-7H2,1-2H3,(H,16,17). The van der Waals surface area contributed by atoms with Crippen molar-refractivity contribution in [2.24, 2.45) is 0 Å². The Morgan fingerprint density at radius 1 is 1.56 bits per heavy atom. The highest BCUT2D eigenvalue weighted by Gasteiger charge is 2.39. The van der Waals surface area contributed by atoms with E-state index in [1.807, 2.05) is 6.92 Å². The number of aliphatic carboxylic acids is 1. The zero-order chi connectivity index (χ0) is 13.8. The summed E-state index contributed by atoms with van der Waals surface area (Å²) in [6.45, 7) is 3.41. The van der Waals surface area contributed by atoms with Crippen LogP contribution in [0.5, 0.6) is 0 Å². The lowest BCUT2D eigenvalue weighted by Gasteiger charge is -2.29. The molecule has 1 fully saturated rings. The third kappa shape index (κ3) is 5.14. The molecule has 0 aromatic rings. The maximum absolute atomic E-state index is 11.4. The number of carbonyl (C=O) groups is 1. The molecule has 3 atom stereocenters. The lowest BCUT2D eigenvalue weighted by atomic mass is 9.96. The van der Waals surface area contributed by atoms with Crippen LogP contribution in [0.4, 0.5) is 0 Å². The number of hydrogen-bond donors (Lipinski definition) is 4. The van der Waals surface area contributed by atoms with Crippen molar-refractivity contribution in [2.45, 2.75) is 56.0 Å². The van der Waals surface area contributed by atoms with Crippen molar-refractivity contribution in [3.05, 3.63) is 0 Å². The van der Waals surface area contributed by atoms with E-state index in [0.29, 0.717) is 18.2 Å². The van der Waals surface area contributed by atoms with Gasteiger partial charge in [-0.2, -0.15) is 11.8 Å². The summed E-state index contributed by atoms with van der Waals surface area (Å²) in [6, 6.07) is 0.339. The number of aliphatic hydroxyl groups is 2. The first-order valence-electron chi connectivity index (χ1n) is 6.29. The molecule has 18 heavy (non-hydrogen) atoms. The van der Waals surface area contributed by atoms with Crippen molar-refractivity contribution in [1.29, 1.82) is 0 Å². The molecule has 0 radical (unpaired) electrons. The number of thioether (sulfide) groups is 1. The van der Waals surface area contributed by atoms with Gasteiger partial charge in [-0.15, -0.1) is 0 Å². The van der Waals surface area contributed by atoms with E-state index in [9.17, 15) is 15.0 Å². The highest BCUT2D eigenvalue weighted by molar-refractivity contribution is 7.99. The van der Waals surface area contributed by atoms with E-state index in [2.05, 4.69) is 5.32 Å². The minimum Gasteiger partial charge on any atom is -0.480 e. The second-order valence-corrected chi connectivity index (χ2v) is 6.71. The number of carboxylic acids is 1. The topological polar surface area (TPSA) is 89.8 Å². The van der Waals surface area contributed by atoms with Gasteiger partial charge in [0.15, 0.2) is 0 Å². The van der Waals surface area contributed by atoms with Crippen LogP contribution in [0.1, 0.15) is 33.1 Å². The maximum Gasteiger partial charge on any atom is 0.323 e. The van der Waals surface area contributed by atoms with E-state index in [0.717, 1.165) is 12.8 Å². The molecule has 0 saturated heterocycles. The van der Waals surface area contributed by atoms with Crippen LogP contribution in [0.25, 0.3) is 0 Å². The molecule has 1 aliphatic rings. The van der Waals surface area contributed by atoms with Crippen molar-refractivity contribution in [3.63, 3.8) is 0 Å². The predicted molar refractivity (Wildman–Crippen MR) is 71.8 cm³/mol. The molecule has 0 aromatic heterocycles. The third-order valence-corrected chi connectivity index (χ3v) is 4.36. The summed E-state index contributed by atoms with van der Waals surface area (Å²) in [4.78, 5) is 11.4. The predicted octanol–water partition coefficient (Wildman–Crippen LogP) is 0.447. The Balaban J connectivity index is 2.41. The largest absolute Gasteiger partial charge is 0.480 e. The van der Waals surface area contributed by atoms with E-state index in [1.54, 1.807) is 6.92 Å². The van der Waals surface area contributed by atoms with Gasteiger partial charge in [-0.05, 0) is 26.2 Å². The maximum atomic E-state index is 11.4. The molecule has 0 heterocycles. The van der Waals surface area contributed by atoms with Crippen LogP contribution in [0, 0.1) is 0 Å². The van der Waals surface area contributed by atoms with Gasteiger partial charge in [0, 0.05) is 17.0 Å². The number of hydrogen-bond acceptors (Lipinski definition) is 5. The lowest BCUT2D eigenvalue weighted by molar-refractivity contribution is -0.144. The molecule has 106 valence electrons. The first-order chi connectivity index (χ1) is 8.37. The fraction of sp³-hybridized carbons (Fsp3) is 0.917. The van der Waals surface area contributed by atoms with Crippen LogP contribution in [0.3, 0.4) is 0 Å². The van der Waals surface area contributed by atoms with Crippen LogP contribution >= 0.6 is 11.8 Å². The Labute approximate surface area is 112 Å². The highest BCUT2D eigenvalue weighted by atomic mass is 32.2. The van der Waals surface area contributed by atoms with Crippen LogP contribution in [-0.4, -0.2) is 56.6 Å². The first-order valence-corrected chi connectivity index (χ1v) is 7.34. The molecule has 5 nitrogen and oxygen atoms in total. The van der Waals surface area contributed by atoms with Gasteiger partial charge in [0.25, 0.3) is 0 Å². The Kier molecular flexibility index (Phi) is 5.91. The molecule has 6 heteroatoms. The van der Waals surface area contributed by atoms with E-state index < -0.39 is 17.6 Å². The SMILES string of the molecule is CC(CC(C)(NC1CC1)C(=O)O)SCC(O)CO. The molecule has 1 aliphatic carbocycles. The fourth-order valence-electron chi connectivity index (χ4n) is 1.85. The van der Waals surface area contributed by atoms with Gasteiger partial charge in [-0.1, -0.05) is 6.92 Å². The lowest BCUT2D eigenvalue weighted by Crippen LogP contribution is -2.52. The summed E-state index contributed by atoms with van der Waals surface area (Å²) in [5, 5.41) is 30.6. The van der Waals surface area contributed by atoms with Crippen molar-refractivity contribution in [2.75, 3.05) is 12.4 Å². The van der Waals surface area contributed by atoms with Gasteiger partial charge in [0.1, 0.15) is 5.54 Å². The van der Waals surface area contributed by atoms with Crippen molar-refractivity contribution < 1.29 is 20.1 Å². The molecular weight excluding hydrogens is 254 g/mol. The van der Waals surface area contributed by atoms with E-state index in [-0.39, 0.29) is 11.9 Å². The van der Waals surface area contributed by atoms with Gasteiger partial charge in [0.2, 0.25) is 0 Å². The molecule has 0 amide bonds. The summed E-state index contributed by atoms with van der Waals surface area (Å²) in [7, 11) is 0. The zero-order valence-electron chi connectivity index (χ0n) is 10.9. The van der Waals surface area contributed by atoms with Gasteiger partial charge in [-0.25, -0.2) is 0 Å². The van der Waals surface area contributed by atoms with E-state index in [4.69, 9.17) is 5.11 Å². The number of nitrogens with one attached hydrogen (secondary N) is 1. The quantitative estimate of drug-likeness (QED) is 0.489. The monoisotopic (exact) mass is 277 g/mol. The first kappa shape index (κ1) is 15.8. The van der Waals surface area contributed by atoms with Gasteiger partial charge >= 0.3 is 5.97 Å². The molecule has 3 unspecified atom stereocenters. The van der Waals surface area contributed by atoms with Crippen LogP contribution < -0.4 is 5.32 Å². The second-order valence-electron chi connectivity index (χ2n) is 5.24. The summed E-state index contributed by atoms with van der Waals surface area (Å²) in [5.74, 6) is -0.402. The highest BCUT2D eigenvalue weighted by Crippen LogP contribution is 2.28. The number of rotatable bonds is 9. The van der Waals surface area contributed by atoms with Crippen LogP contribution in [0.15, 0.2) is 0 Å². The van der Waals surface area contributed by atoms with Gasteiger partial charge < -0.3 is 15.3 Å². The summed E-state index contributed by atoms with van der Waals surface area (Å²) < 4.78 is 0. The Morgan fingerprint density at radius 3 is 2.61 bits per heavy atom. The fourth-order valence-corrected chi connectivity index (χ4v) is 2.96. The third-order valence-electron chi connectivity index (χ3n) is 3.05. The molecule has 4 N–H and O–H groups in total. The smallest absolute Gasteiger partial charge is 0.323 e. The molecule has 1 rings (SSSR count). The van der Waals surface area contributed by atoms with Crippen LogP contribution in [-0.2, 0) is 4.79 Å². The Morgan fingerprint density at radius 2 is 2.17 bits per heavy atom. The molecule has 0 aromatic carbocycles. The molecule has 0 aliphatic heterocycles. The minimum atomic E-state index is -0.905. The molecule has 1 saturated carbocycles. The number of aliphatic hydroxyl groups excluding tert-OH is 2. The number of carboxylic acid groups (broad SMARTS) is 1. The van der Waals surface area contributed by atoms with Gasteiger partial charge in [-0.3, -0.25) is 10.1 Å². The van der Waals surface area contributed by atoms with Crippen molar-refractivity contribution in [3.8, 4) is 0 Å². The summed E-state index contributed by atoms with van der Waals surface area (Å²) in [5.41, 5.74) is -0.905. The average molecular weight is 277 g/mol. The molecular formula is C12H23NO4S. The van der Waals surface area contributed by atoms with Gasteiger partial charge in [0.05, 0.1) is 12.7 Å². The van der Waals surface area contributed by atoms with Crippen LogP contribution in [0.2, 0.25) is 0 Å². The second kappa shape index (κ2) is 6.75. The molecule has 0 bridgehead atoms. The zero-order valence-corrected chi connectivity index (χ0v) is 11.7. The average Bonchev–Trinajstić information content (AvgIpc) is 3.09. The van der Waals surface area contributed by atoms with E-state index >= 15 is 0 Å². The summed E-state index contributed by atoms with van der Waals surface area (Å²) in [6.07, 6.45) is 1.87.